The van der Waals surface area contributed by atoms with E-state index in [9.17, 15) is 4.79 Å². The van der Waals surface area contributed by atoms with E-state index in [0.717, 1.165) is 55.8 Å². The van der Waals surface area contributed by atoms with Gasteiger partial charge in [-0.3, -0.25) is 9.79 Å². The molecule has 1 saturated heterocycles. The van der Waals surface area contributed by atoms with E-state index in [-0.39, 0.29) is 29.9 Å². The van der Waals surface area contributed by atoms with Gasteiger partial charge in [0.2, 0.25) is 5.91 Å². The second-order valence-electron chi connectivity index (χ2n) is 6.35. The third kappa shape index (κ3) is 8.91. The van der Waals surface area contributed by atoms with Gasteiger partial charge >= 0.3 is 0 Å². The van der Waals surface area contributed by atoms with Gasteiger partial charge in [0, 0.05) is 48.8 Å². The van der Waals surface area contributed by atoms with E-state index >= 15 is 0 Å². The number of rotatable bonds is 7. The number of hydrogen-bond donors (Lipinski definition) is 2. The third-order valence-electron chi connectivity index (χ3n) is 4.44. The van der Waals surface area contributed by atoms with Crippen molar-refractivity contribution in [2.45, 2.75) is 31.1 Å². The van der Waals surface area contributed by atoms with Crippen molar-refractivity contribution in [3.05, 3.63) is 29.3 Å². The molecular formula is C19H30ClIN4OS. The lowest BCUT2D eigenvalue weighted by molar-refractivity contribution is -0.121. The molecule has 2 rings (SSSR count). The minimum absolute atomic E-state index is 0. The Morgan fingerprint density at radius 2 is 1.96 bits per heavy atom. The molecule has 1 aromatic rings. The Bertz CT molecular complexity index is 592. The number of thioether (sulfide) groups is 1. The molecule has 0 spiro atoms. The smallest absolute Gasteiger partial charge is 0.220 e. The number of hydrogen-bond acceptors (Lipinski definition) is 3. The highest BCUT2D eigenvalue weighted by Gasteiger charge is 2.22. The van der Waals surface area contributed by atoms with Crippen LogP contribution in [0.25, 0.3) is 0 Å². The molecule has 1 aliphatic heterocycles. The van der Waals surface area contributed by atoms with Crippen molar-refractivity contribution < 1.29 is 4.79 Å². The van der Waals surface area contributed by atoms with Crippen LogP contribution in [0.15, 0.2) is 34.2 Å². The van der Waals surface area contributed by atoms with Crippen LogP contribution in [-0.4, -0.2) is 55.7 Å². The molecule has 1 fully saturated rings. The van der Waals surface area contributed by atoms with Gasteiger partial charge in [-0.25, -0.2) is 0 Å². The Hall–Kier alpha value is -0.670. The number of halogens is 2. The lowest BCUT2D eigenvalue weighted by Crippen LogP contribution is -2.46. The van der Waals surface area contributed by atoms with E-state index in [2.05, 4.69) is 22.5 Å². The van der Waals surface area contributed by atoms with Crippen LogP contribution in [0.4, 0.5) is 0 Å². The van der Waals surface area contributed by atoms with Crippen LogP contribution in [0.2, 0.25) is 5.02 Å². The maximum Gasteiger partial charge on any atom is 0.220 e. The highest BCUT2D eigenvalue weighted by molar-refractivity contribution is 14.0. The van der Waals surface area contributed by atoms with Gasteiger partial charge in [-0.15, -0.1) is 35.7 Å². The van der Waals surface area contributed by atoms with Crippen molar-refractivity contribution in [2.24, 2.45) is 10.9 Å². The highest BCUT2D eigenvalue weighted by atomic mass is 127. The number of nitrogens with zero attached hydrogens (tertiary/aromatic N) is 2. The van der Waals surface area contributed by atoms with E-state index < -0.39 is 0 Å². The summed E-state index contributed by atoms with van der Waals surface area (Å²) >= 11 is 7.70. The normalized spacial score (nSPS) is 15.2. The molecule has 0 atom stereocenters. The molecule has 0 aromatic heterocycles. The molecule has 1 amide bonds. The van der Waals surface area contributed by atoms with Crippen molar-refractivity contribution in [1.29, 1.82) is 0 Å². The summed E-state index contributed by atoms with van der Waals surface area (Å²) in [5.74, 6) is 2.55. The molecule has 1 aliphatic rings. The summed E-state index contributed by atoms with van der Waals surface area (Å²) < 4.78 is 0. The highest BCUT2D eigenvalue weighted by Crippen LogP contribution is 2.21. The molecule has 27 heavy (non-hydrogen) atoms. The molecule has 0 bridgehead atoms. The topological polar surface area (TPSA) is 56.7 Å². The van der Waals surface area contributed by atoms with Gasteiger partial charge in [-0.2, -0.15) is 0 Å². The van der Waals surface area contributed by atoms with E-state index in [1.54, 1.807) is 18.8 Å². The van der Waals surface area contributed by atoms with Gasteiger partial charge in [0.15, 0.2) is 5.96 Å². The maximum absolute atomic E-state index is 11.5. The van der Waals surface area contributed by atoms with Gasteiger partial charge in [0.05, 0.1) is 6.54 Å². The van der Waals surface area contributed by atoms with Gasteiger partial charge in [-0.05, 0) is 49.9 Å². The van der Waals surface area contributed by atoms with E-state index in [4.69, 9.17) is 16.6 Å². The zero-order valence-electron chi connectivity index (χ0n) is 16.0. The number of guanidine groups is 1. The van der Waals surface area contributed by atoms with Crippen molar-refractivity contribution in [2.75, 3.05) is 39.0 Å². The minimum atomic E-state index is 0. The van der Waals surface area contributed by atoms with E-state index in [0.29, 0.717) is 12.3 Å². The van der Waals surface area contributed by atoms with Crippen LogP contribution in [0.1, 0.15) is 26.2 Å². The molecule has 1 aromatic carbocycles. The summed E-state index contributed by atoms with van der Waals surface area (Å²) in [5.41, 5.74) is 0. The molecular weight excluding hydrogens is 495 g/mol. The summed E-state index contributed by atoms with van der Waals surface area (Å²) in [7, 11) is 1.70. The Balaban J connectivity index is 0.00000364. The fourth-order valence-corrected chi connectivity index (χ4v) is 3.86. The first-order valence-corrected chi connectivity index (χ1v) is 10.6. The Morgan fingerprint density at radius 1 is 1.30 bits per heavy atom. The lowest BCUT2D eigenvalue weighted by Gasteiger charge is -2.34. The first-order valence-electron chi connectivity index (χ1n) is 9.24. The first kappa shape index (κ1) is 24.4. The summed E-state index contributed by atoms with van der Waals surface area (Å²) in [6, 6.07) is 7.92. The molecule has 8 heteroatoms. The fourth-order valence-electron chi connectivity index (χ4n) is 2.98. The Kier molecular flexibility index (Phi) is 12.2. The number of amides is 1. The van der Waals surface area contributed by atoms with Crippen LogP contribution < -0.4 is 10.6 Å². The number of carbonyl (C=O) groups is 1. The predicted molar refractivity (Wildman–Crippen MR) is 127 cm³/mol. The largest absolute Gasteiger partial charge is 0.359 e. The fraction of sp³-hybridized carbons (Fsp3) is 0.579. The van der Waals surface area contributed by atoms with Crippen LogP contribution in [-0.2, 0) is 4.79 Å². The standard InChI is InChI=1S/C19H29ClN4OS.HI/c1-3-22-19(23-10-13-26-17-6-4-16(20)5-7-17)24-11-8-15(9-12-24)14-18(25)21-2;/h4-7,15H,3,8-14H2,1-2H3,(H,21,25)(H,22,23);1H. The zero-order valence-corrected chi connectivity index (χ0v) is 19.9. The SMILES string of the molecule is CCNC(=NCCSc1ccc(Cl)cc1)N1CCC(CC(=O)NC)CC1.I. The summed E-state index contributed by atoms with van der Waals surface area (Å²) in [6.45, 7) is 5.64. The number of aliphatic imine (C=N–C) groups is 1. The third-order valence-corrected chi connectivity index (χ3v) is 5.68. The molecule has 0 radical (unpaired) electrons. The van der Waals surface area contributed by atoms with Crippen molar-refractivity contribution >= 4 is 59.2 Å². The molecule has 152 valence electrons. The maximum atomic E-state index is 11.5. The molecule has 0 unspecified atom stereocenters. The van der Waals surface area contributed by atoms with Crippen LogP contribution in [0.5, 0.6) is 0 Å². The lowest BCUT2D eigenvalue weighted by atomic mass is 9.93. The average molecular weight is 525 g/mol. The van der Waals surface area contributed by atoms with E-state index in [1.807, 2.05) is 24.3 Å². The van der Waals surface area contributed by atoms with Crippen molar-refractivity contribution in [3.8, 4) is 0 Å². The summed E-state index contributed by atoms with van der Waals surface area (Å²) in [5, 5.41) is 6.88. The predicted octanol–water partition coefficient (Wildman–Crippen LogP) is 3.86. The summed E-state index contributed by atoms with van der Waals surface area (Å²) in [4.78, 5) is 19.8. The van der Waals surface area contributed by atoms with Crippen molar-refractivity contribution in [1.82, 2.24) is 15.5 Å². The monoisotopic (exact) mass is 524 g/mol. The zero-order chi connectivity index (χ0) is 18.8. The Labute approximate surface area is 189 Å². The second-order valence-corrected chi connectivity index (χ2v) is 7.95. The number of likely N-dealkylation sites (tertiary alicyclic amines) is 1. The molecule has 2 N–H and O–H groups in total. The van der Waals surface area contributed by atoms with Gasteiger partial charge < -0.3 is 15.5 Å². The number of piperidine rings is 1. The molecule has 5 nitrogen and oxygen atoms in total. The van der Waals surface area contributed by atoms with Crippen LogP contribution in [0, 0.1) is 5.92 Å². The summed E-state index contributed by atoms with van der Waals surface area (Å²) in [6.07, 6.45) is 2.71. The number of nitrogens with one attached hydrogen (secondary N) is 2. The first-order chi connectivity index (χ1) is 12.6. The molecule has 0 saturated carbocycles. The van der Waals surface area contributed by atoms with Crippen LogP contribution >= 0.6 is 47.3 Å². The van der Waals surface area contributed by atoms with E-state index in [1.165, 1.54) is 4.90 Å². The quantitative estimate of drug-likeness (QED) is 0.187. The van der Waals surface area contributed by atoms with Gasteiger partial charge in [0.25, 0.3) is 0 Å². The second kappa shape index (κ2) is 13.5. The van der Waals surface area contributed by atoms with Gasteiger partial charge in [0.1, 0.15) is 0 Å². The van der Waals surface area contributed by atoms with Crippen LogP contribution in [0.3, 0.4) is 0 Å². The number of carbonyl (C=O) groups excluding carboxylic acids is 1. The van der Waals surface area contributed by atoms with Crippen molar-refractivity contribution in [3.63, 3.8) is 0 Å². The number of benzene rings is 1. The molecule has 1 heterocycles. The Morgan fingerprint density at radius 3 is 2.56 bits per heavy atom. The minimum Gasteiger partial charge on any atom is -0.359 e. The average Bonchev–Trinajstić information content (AvgIpc) is 2.66. The van der Waals surface area contributed by atoms with Gasteiger partial charge in [-0.1, -0.05) is 11.6 Å². The molecule has 0 aliphatic carbocycles.